The van der Waals surface area contributed by atoms with E-state index in [4.69, 9.17) is 10.5 Å². The van der Waals surface area contributed by atoms with E-state index in [1.165, 1.54) is 0 Å². The summed E-state index contributed by atoms with van der Waals surface area (Å²) in [5.74, 6) is -0.510. The lowest BCUT2D eigenvalue weighted by Gasteiger charge is -2.44. The summed E-state index contributed by atoms with van der Waals surface area (Å²) in [6.07, 6.45) is 3.58. The van der Waals surface area contributed by atoms with Crippen LogP contribution in [0.25, 0.3) is 0 Å². The monoisotopic (exact) mass is 396 g/mol. The smallest absolute Gasteiger partial charge is 0.184 e. The fourth-order valence-corrected chi connectivity index (χ4v) is 5.53. The largest absolute Gasteiger partial charge is 0.497 e. The summed E-state index contributed by atoms with van der Waals surface area (Å²) in [4.78, 5) is 27.7. The molecule has 0 saturated carbocycles. The second-order valence-electron chi connectivity index (χ2n) is 8.01. The van der Waals surface area contributed by atoms with E-state index in [2.05, 4.69) is 6.07 Å². The highest BCUT2D eigenvalue weighted by atomic mass is 16.5. The molecule has 0 saturated heterocycles. The summed E-state index contributed by atoms with van der Waals surface area (Å²) in [6.45, 7) is 0. The van der Waals surface area contributed by atoms with Crippen LogP contribution in [0.1, 0.15) is 45.0 Å². The van der Waals surface area contributed by atoms with E-state index in [1.54, 1.807) is 31.4 Å². The number of methoxy groups -OCH3 is 1. The summed E-state index contributed by atoms with van der Waals surface area (Å²) in [6, 6.07) is 16.5. The highest BCUT2D eigenvalue weighted by Crippen LogP contribution is 2.61. The lowest BCUT2D eigenvalue weighted by molar-refractivity contribution is 0.0665. The first-order valence-electron chi connectivity index (χ1n) is 9.99. The first-order chi connectivity index (χ1) is 14.6. The Morgan fingerprint density at radius 3 is 2.27 bits per heavy atom. The zero-order valence-electron chi connectivity index (χ0n) is 16.5. The average Bonchev–Trinajstić information content (AvgIpc) is 3.34. The molecule has 1 spiro atoms. The molecule has 30 heavy (non-hydrogen) atoms. The molecule has 2 N–H and O–H groups in total. The van der Waals surface area contributed by atoms with Crippen molar-refractivity contribution >= 4 is 11.6 Å². The number of ether oxygens (including phenoxy) is 1. The van der Waals surface area contributed by atoms with E-state index in [0.717, 1.165) is 24.0 Å². The molecule has 0 fully saturated rings. The van der Waals surface area contributed by atoms with Gasteiger partial charge in [-0.3, -0.25) is 9.59 Å². The van der Waals surface area contributed by atoms with E-state index in [9.17, 15) is 14.9 Å². The molecule has 0 aromatic heterocycles. The number of hydrogen-bond donors (Lipinski definition) is 1. The van der Waals surface area contributed by atoms with Crippen molar-refractivity contribution in [1.82, 2.24) is 0 Å². The van der Waals surface area contributed by atoms with Crippen molar-refractivity contribution in [3.63, 3.8) is 0 Å². The number of benzene rings is 2. The molecule has 5 heteroatoms. The van der Waals surface area contributed by atoms with Gasteiger partial charge < -0.3 is 10.5 Å². The van der Waals surface area contributed by atoms with Crippen molar-refractivity contribution in [2.75, 3.05) is 7.11 Å². The molecule has 148 valence electrons. The third kappa shape index (κ3) is 2.11. The molecule has 2 atom stereocenters. The predicted octanol–water partition coefficient (Wildman–Crippen LogP) is 3.93. The van der Waals surface area contributed by atoms with E-state index in [0.29, 0.717) is 16.9 Å². The Bertz CT molecular complexity index is 1160. The van der Waals surface area contributed by atoms with Crippen LogP contribution in [0, 0.1) is 22.7 Å². The second-order valence-corrected chi connectivity index (χ2v) is 8.01. The first-order valence-corrected chi connectivity index (χ1v) is 9.99. The quantitative estimate of drug-likeness (QED) is 0.777. The number of nitrogens with two attached hydrogens (primary N) is 1. The second kappa shape index (κ2) is 6.43. The summed E-state index contributed by atoms with van der Waals surface area (Å²) >= 11 is 0. The van der Waals surface area contributed by atoms with Crippen molar-refractivity contribution in [1.29, 1.82) is 5.26 Å². The highest BCUT2D eigenvalue weighted by Gasteiger charge is 2.64. The van der Waals surface area contributed by atoms with Gasteiger partial charge in [-0.05, 0) is 42.0 Å². The number of carbonyl (C=O) groups excluding carboxylic acids is 2. The number of rotatable bonds is 2. The third-order valence-electron chi connectivity index (χ3n) is 6.81. The maximum Gasteiger partial charge on any atom is 0.184 e. The summed E-state index contributed by atoms with van der Waals surface area (Å²) in [7, 11) is 1.59. The van der Waals surface area contributed by atoms with Gasteiger partial charge in [-0.25, -0.2) is 0 Å². The fourth-order valence-electron chi connectivity index (χ4n) is 5.53. The zero-order chi connectivity index (χ0) is 21.0. The molecule has 0 unspecified atom stereocenters. The van der Waals surface area contributed by atoms with Crippen LogP contribution >= 0.6 is 0 Å². The molecule has 0 radical (unpaired) electrons. The number of allylic oxidation sites excluding steroid dienone is 4. The van der Waals surface area contributed by atoms with Crippen LogP contribution in [-0.2, 0) is 0 Å². The van der Waals surface area contributed by atoms with E-state index in [-0.39, 0.29) is 28.8 Å². The molecule has 3 aliphatic carbocycles. The molecule has 2 aromatic carbocycles. The average molecular weight is 396 g/mol. The molecule has 5 rings (SSSR count). The predicted molar refractivity (Wildman–Crippen MR) is 111 cm³/mol. The van der Waals surface area contributed by atoms with Gasteiger partial charge in [-0.15, -0.1) is 0 Å². The van der Waals surface area contributed by atoms with Gasteiger partial charge in [0, 0.05) is 22.7 Å². The van der Waals surface area contributed by atoms with Crippen molar-refractivity contribution in [3.8, 4) is 11.8 Å². The van der Waals surface area contributed by atoms with Crippen molar-refractivity contribution in [2.24, 2.45) is 17.1 Å². The standard InChI is InChI=1S/C25H20N2O3/c1-30-15-11-9-14(10-12-15)21-17-8-4-7-16(17)20(13-26)22(27)25(21)23(28)18-5-2-3-6-19(18)24(25)29/h2-3,5-7,9-12,17,21H,4,8,27H2,1H3/t17-,21+/m1/s1. The first kappa shape index (κ1) is 18.4. The number of carbonyl (C=O) groups is 2. The summed E-state index contributed by atoms with van der Waals surface area (Å²) in [5, 5.41) is 9.90. The Morgan fingerprint density at radius 1 is 1.07 bits per heavy atom. The lowest BCUT2D eigenvalue weighted by Crippen LogP contribution is -2.50. The zero-order valence-corrected chi connectivity index (χ0v) is 16.5. The maximum atomic E-state index is 13.9. The van der Waals surface area contributed by atoms with Gasteiger partial charge in [0.2, 0.25) is 0 Å². The van der Waals surface area contributed by atoms with Crippen molar-refractivity contribution in [3.05, 3.63) is 88.1 Å². The molecule has 5 nitrogen and oxygen atoms in total. The minimum atomic E-state index is -1.59. The van der Waals surface area contributed by atoms with Gasteiger partial charge >= 0.3 is 0 Å². The third-order valence-corrected chi connectivity index (χ3v) is 6.81. The SMILES string of the molecule is COc1ccc([C@H]2[C@@H]3CCC=C3C(C#N)=C(N)C23C(=O)c2ccccc2C3=O)cc1. The maximum absolute atomic E-state index is 13.9. The van der Waals surface area contributed by atoms with Gasteiger partial charge in [0.1, 0.15) is 17.2 Å². The van der Waals surface area contributed by atoms with Gasteiger partial charge in [0.25, 0.3) is 0 Å². The van der Waals surface area contributed by atoms with Crippen LogP contribution in [-0.4, -0.2) is 18.7 Å². The van der Waals surface area contributed by atoms with Crippen molar-refractivity contribution in [2.45, 2.75) is 18.8 Å². The topological polar surface area (TPSA) is 93.2 Å². The Kier molecular flexibility index (Phi) is 3.94. The molecule has 0 heterocycles. The molecule has 2 aromatic rings. The normalized spacial score (nSPS) is 23.8. The van der Waals surface area contributed by atoms with Crippen LogP contribution in [0.2, 0.25) is 0 Å². The van der Waals surface area contributed by atoms with E-state index >= 15 is 0 Å². The highest BCUT2D eigenvalue weighted by molar-refractivity contribution is 6.32. The molecular weight excluding hydrogens is 376 g/mol. The van der Waals surface area contributed by atoms with Gasteiger partial charge in [0.05, 0.1) is 12.7 Å². The van der Waals surface area contributed by atoms with Crippen molar-refractivity contribution < 1.29 is 14.3 Å². The van der Waals surface area contributed by atoms with Crippen LogP contribution < -0.4 is 10.5 Å². The molecule has 0 amide bonds. The Labute approximate surface area is 174 Å². The summed E-state index contributed by atoms with van der Waals surface area (Å²) < 4.78 is 5.29. The molecular formula is C25H20N2O3. The minimum absolute atomic E-state index is 0.0846. The minimum Gasteiger partial charge on any atom is -0.497 e. The van der Waals surface area contributed by atoms with Crippen LogP contribution in [0.5, 0.6) is 5.75 Å². The lowest BCUT2D eigenvalue weighted by atomic mass is 9.56. The number of hydrogen-bond acceptors (Lipinski definition) is 5. The number of ketones is 2. The number of nitrogens with zero attached hydrogens (tertiary/aromatic N) is 1. The van der Waals surface area contributed by atoms with E-state index in [1.807, 2.05) is 30.3 Å². The number of fused-ring (bicyclic) bond motifs is 2. The fraction of sp³-hybridized carbons (Fsp3) is 0.240. The Hall–Kier alpha value is -3.65. The Morgan fingerprint density at radius 2 is 1.70 bits per heavy atom. The Balaban J connectivity index is 1.83. The van der Waals surface area contributed by atoms with Gasteiger partial charge in [-0.2, -0.15) is 5.26 Å². The van der Waals surface area contributed by atoms with Crippen LogP contribution in [0.3, 0.4) is 0 Å². The molecule has 0 aliphatic heterocycles. The van der Waals surface area contributed by atoms with E-state index < -0.39 is 11.3 Å². The summed E-state index contributed by atoms with van der Waals surface area (Å²) in [5.41, 5.74) is 7.84. The van der Waals surface area contributed by atoms with Crippen LogP contribution in [0.4, 0.5) is 0 Å². The van der Waals surface area contributed by atoms with Gasteiger partial charge in [-0.1, -0.05) is 42.5 Å². The molecule has 0 bridgehead atoms. The number of Topliss-reactive ketones (excluding diaryl/α,β-unsaturated/α-hetero) is 2. The number of nitriles is 1. The van der Waals surface area contributed by atoms with Crippen LogP contribution in [0.15, 0.2) is 71.5 Å². The molecule has 3 aliphatic rings. The van der Waals surface area contributed by atoms with Gasteiger partial charge in [0.15, 0.2) is 11.6 Å².